The van der Waals surface area contributed by atoms with Crippen molar-refractivity contribution in [2.24, 2.45) is 0 Å². The monoisotopic (exact) mass is 307 g/mol. The molecule has 2 aliphatic heterocycles. The van der Waals surface area contributed by atoms with Crippen molar-refractivity contribution in [1.29, 1.82) is 0 Å². The number of ether oxygens (including phenoxy) is 2. The van der Waals surface area contributed by atoms with E-state index in [4.69, 9.17) is 9.47 Å². The molecule has 122 valence electrons. The molecule has 0 bridgehead atoms. The third-order valence-electron chi connectivity index (χ3n) is 4.08. The summed E-state index contributed by atoms with van der Waals surface area (Å²) in [6.07, 6.45) is 1.90. The highest BCUT2D eigenvalue weighted by Gasteiger charge is 2.15. The maximum absolute atomic E-state index is 5.38. The predicted molar refractivity (Wildman–Crippen MR) is 85.5 cm³/mol. The minimum absolute atomic E-state index is 0.747. The zero-order chi connectivity index (χ0) is 15.2. The van der Waals surface area contributed by atoms with E-state index in [-0.39, 0.29) is 0 Å². The Morgan fingerprint density at radius 3 is 2.50 bits per heavy atom. The fourth-order valence-electron chi connectivity index (χ4n) is 2.68. The lowest BCUT2D eigenvalue weighted by molar-refractivity contribution is 0.0398. The van der Waals surface area contributed by atoms with Crippen LogP contribution in [-0.2, 0) is 9.47 Å². The zero-order valence-corrected chi connectivity index (χ0v) is 13.3. The van der Waals surface area contributed by atoms with Gasteiger partial charge < -0.3 is 19.7 Å². The summed E-state index contributed by atoms with van der Waals surface area (Å²) < 4.78 is 10.7. The first-order chi connectivity index (χ1) is 10.8. The molecule has 0 saturated carbocycles. The highest BCUT2D eigenvalue weighted by atomic mass is 16.5. The molecule has 0 aromatic carbocycles. The largest absolute Gasteiger partial charge is 0.379 e. The number of aromatic nitrogens is 2. The molecule has 0 atom stereocenters. The summed E-state index contributed by atoms with van der Waals surface area (Å²) >= 11 is 0. The van der Waals surface area contributed by atoms with E-state index in [0.29, 0.717) is 0 Å². The van der Waals surface area contributed by atoms with Gasteiger partial charge in [-0.15, -0.1) is 0 Å². The van der Waals surface area contributed by atoms with Gasteiger partial charge >= 0.3 is 0 Å². The third-order valence-corrected chi connectivity index (χ3v) is 4.08. The Bertz CT molecular complexity index is 473. The van der Waals surface area contributed by atoms with Crippen LogP contribution in [0.5, 0.6) is 0 Å². The highest BCUT2D eigenvalue weighted by molar-refractivity contribution is 5.47. The van der Waals surface area contributed by atoms with Crippen LogP contribution in [0.3, 0.4) is 0 Å². The van der Waals surface area contributed by atoms with Gasteiger partial charge in [0.05, 0.1) is 26.4 Å². The van der Waals surface area contributed by atoms with E-state index in [1.165, 1.54) is 0 Å². The molecular formula is C15H25N5O2. The maximum Gasteiger partial charge on any atom is 0.227 e. The summed E-state index contributed by atoms with van der Waals surface area (Å²) in [5.41, 5.74) is 1.08. The SMILES string of the molecule is Cc1cnc(N2CCOCC2)nc1NCCN1CCOCC1. The molecule has 0 aliphatic carbocycles. The average molecular weight is 307 g/mol. The van der Waals surface area contributed by atoms with Crippen molar-refractivity contribution in [2.75, 3.05) is 75.9 Å². The summed E-state index contributed by atoms with van der Waals surface area (Å²) in [4.78, 5) is 13.7. The molecule has 1 N–H and O–H groups in total. The van der Waals surface area contributed by atoms with Gasteiger partial charge in [-0.2, -0.15) is 4.98 Å². The molecule has 0 unspecified atom stereocenters. The smallest absolute Gasteiger partial charge is 0.227 e. The molecule has 0 spiro atoms. The summed E-state index contributed by atoms with van der Waals surface area (Å²) in [7, 11) is 0. The van der Waals surface area contributed by atoms with Gasteiger partial charge in [-0.3, -0.25) is 4.90 Å². The molecular weight excluding hydrogens is 282 g/mol. The number of nitrogens with one attached hydrogen (secondary N) is 1. The molecule has 7 nitrogen and oxygen atoms in total. The van der Waals surface area contributed by atoms with Gasteiger partial charge in [-0.25, -0.2) is 4.98 Å². The fraction of sp³-hybridized carbons (Fsp3) is 0.733. The lowest BCUT2D eigenvalue weighted by Gasteiger charge is -2.28. The van der Waals surface area contributed by atoms with E-state index >= 15 is 0 Å². The van der Waals surface area contributed by atoms with Crippen LogP contribution in [0.25, 0.3) is 0 Å². The van der Waals surface area contributed by atoms with Crippen LogP contribution < -0.4 is 10.2 Å². The Morgan fingerprint density at radius 2 is 1.77 bits per heavy atom. The maximum atomic E-state index is 5.38. The van der Waals surface area contributed by atoms with Crippen LogP contribution >= 0.6 is 0 Å². The topological polar surface area (TPSA) is 62.8 Å². The Hall–Kier alpha value is -1.44. The van der Waals surface area contributed by atoms with Crippen molar-refractivity contribution in [3.05, 3.63) is 11.8 Å². The molecule has 2 fully saturated rings. The second kappa shape index (κ2) is 7.71. The van der Waals surface area contributed by atoms with Crippen LogP contribution in [0.2, 0.25) is 0 Å². The minimum atomic E-state index is 0.747. The van der Waals surface area contributed by atoms with E-state index in [1.807, 2.05) is 13.1 Å². The molecule has 22 heavy (non-hydrogen) atoms. The molecule has 3 heterocycles. The van der Waals surface area contributed by atoms with Gasteiger partial charge in [0.2, 0.25) is 5.95 Å². The summed E-state index contributed by atoms with van der Waals surface area (Å²) in [5.74, 6) is 1.73. The average Bonchev–Trinajstić information content (AvgIpc) is 2.58. The van der Waals surface area contributed by atoms with Crippen LogP contribution in [0.1, 0.15) is 5.56 Å². The fourth-order valence-corrected chi connectivity index (χ4v) is 2.68. The number of anilines is 2. The Labute approximate surface area is 131 Å². The van der Waals surface area contributed by atoms with Crippen molar-refractivity contribution >= 4 is 11.8 Å². The molecule has 2 aliphatic rings. The van der Waals surface area contributed by atoms with Crippen molar-refractivity contribution in [1.82, 2.24) is 14.9 Å². The Balaban J connectivity index is 1.55. The lowest BCUT2D eigenvalue weighted by atomic mass is 10.3. The Morgan fingerprint density at radius 1 is 1.09 bits per heavy atom. The van der Waals surface area contributed by atoms with E-state index in [2.05, 4.69) is 25.1 Å². The molecule has 3 rings (SSSR count). The van der Waals surface area contributed by atoms with Gasteiger partial charge in [0.1, 0.15) is 5.82 Å². The second-order valence-electron chi connectivity index (χ2n) is 5.68. The standard InChI is InChI=1S/C15H25N5O2/c1-13-12-17-15(20-6-10-22-11-7-20)18-14(13)16-2-3-19-4-8-21-9-5-19/h12H,2-11H2,1H3,(H,16,17,18). The van der Waals surface area contributed by atoms with Gasteiger partial charge in [0, 0.05) is 51.0 Å². The zero-order valence-electron chi connectivity index (χ0n) is 13.3. The predicted octanol–water partition coefficient (Wildman–Crippen LogP) is 0.366. The number of nitrogens with zero attached hydrogens (tertiary/aromatic N) is 4. The van der Waals surface area contributed by atoms with Crippen LogP contribution in [-0.4, -0.2) is 80.6 Å². The molecule has 1 aromatic heterocycles. The van der Waals surface area contributed by atoms with E-state index in [9.17, 15) is 0 Å². The van der Waals surface area contributed by atoms with Gasteiger partial charge in [0.25, 0.3) is 0 Å². The van der Waals surface area contributed by atoms with E-state index < -0.39 is 0 Å². The molecule has 7 heteroatoms. The number of morpholine rings is 2. The number of rotatable bonds is 5. The third kappa shape index (κ3) is 4.06. The quantitative estimate of drug-likeness (QED) is 0.843. The van der Waals surface area contributed by atoms with Gasteiger partial charge in [-0.05, 0) is 6.92 Å². The second-order valence-corrected chi connectivity index (χ2v) is 5.68. The Kier molecular flexibility index (Phi) is 5.42. The molecule has 0 amide bonds. The molecule has 0 radical (unpaired) electrons. The van der Waals surface area contributed by atoms with Crippen LogP contribution in [0.4, 0.5) is 11.8 Å². The first kappa shape index (κ1) is 15.5. The molecule has 2 saturated heterocycles. The summed E-state index contributed by atoms with van der Waals surface area (Å²) in [6.45, 7) is 10.9. The van der Waals surface area contributed by atoms with E-state index in [0.717, 1.165) is 83.0 Å². The van der Waals surface area contributed by atoms with Crippen molar-refractivity contribution in [3.63, 3.8) is 0 Å². The molecule has 1 aromatic rings. The minimum Gasteiger partial charge on any atom is -0.379 e. The number of aryl methyl sites for hydroxylation is 1. The van der Waals surface area contributed by atoms with Crippen molar-refractivity contribution < 1.29 is 9.47 Å². The number of hydrogen-bond donors (Lipinski definition) is 1. The lowest BCUT2D eigenvalue weighted by Crippen LogP contribution is -2.39. The van der Waals surface area contributed by atoms with Crippen molar-refractivity contribution in [3.8, 4) is 0 Å². The summed E-state index contributed by atoms with van der Waals surface area (Å²) in [6, 6.07) is 0. The van der Waals surface area contributed by atoms with Crippen molar-refractivity contribution in [2.45, 2.75) is 6.92 Å². The first-order valence-electron chi connectivity index (χ1n) is 8.03. The normalized spacial score (nSPS) is 20.1. The summed E-state index contributed by atoms with van der Waals surface area (Å²) in [5, 5.41) is 3.45. The highest BCUT2D eigenvalue weighted by Crippen LogP contribution is 2.16. The van der Waals surface area contributed by atoms with E-state index in [1.54, 1.807) is 0 Å². The first-order valence-corrected chi connectivity index (χ1v) is 8.03. The van der Waals surface area contributed by atoms with Crippen LogP contribution in [0.15, 0.2) is 6.20 Å². The van der Waals surface area contributed by atoms with Gasteiger partial charge in [-0.1, -0.05) is 0 Å². The van der Waals surface area contributed by atoms with Gasteiger partial charge in [0.15, 0.2) is 0 Å². The number of hydrogen-bond acceptors (Lipinski definition) is 7. The van der Waals surface area contributed by atoms with Crippen LogP contribution in [0, 0.1) is 6.92 Å².